The molecule has 0 aliphatic heterocycles. The lowest BCUT2D eigenvalue weighted by molar-refractivity contribution is -0.163. The Labute approximate surface area is 67.9 Å². The maximum atomic E-state index is 11.1. The van der Waals surface area contributed by atoms with E-state index in [0.29, 0.717) is 12.2 Å². The molecule has 0 aromatic carbocycles. The Morgan fingerprint density at radius 2 is 2.09 bits per heavy atom. The molecule has 1 aliphatic carbocycles. The van der Waals surface area contributed by atoms with Gasteiger partial charge >= 0.3 is 0 Å². The third kappa shape index (κ3) is 1.45. The molecule has 0 aromatic rings. The van der Waals surface area contributed by atoms with Crippen LogP contribution >= 0.6 is 0 Å². The average Bonchev–Trinajstić information content (AvgIpc) is 1.87. The molecule has 1 fully saturated rings. The van der Waals surface area contributed by atoms with E-state index in [-0.39, 0.29) is 17.6 Å². The minimum absolute atomic E-state index is 0.148. The number of Topliss-reactive ketones (excluding diaryl/α,β-unsaturated/α-hetero) is 1. The van der Waals surface area contributed by atoms with Crippen molar-refractivity contribution in [3.8, 4) is 0 Å². The monoisotopic (exact) mass is 156 g/mol. The van der Waals surface area contributed by atoms with Crippen molar-refractivity contribution < 1.29 is 9.53 Å². The van der Waals surface area contributed by atoms with E-state index in [9.17, 15) is 4.79 Å². The highest BCUT2D eigenvalue weighted by molar-refractivity contribution is 5.91. The largest absolute Gasteiger partial charge is 0.374 e. The highest BCUT2D eigenvalue weighted by Gasteiger charge is 2.48. The first kappa shape index (κ1) is 8.72. The van der Waals surface area contributed by atoms with E-state index >= 15 is 0 Å². The molecule has 0 aromatic heterocycles. The Balaban J connectivity index is 2.46. The Morgan fingerprint density at radius 1 is 1.55 bits per heavy atom. The number of ether oxygens (including phenoxy) is 1. The second kappa shape index (κ2) is 2.59. The average molecular weight is 156 g/mol. The van der Waals surface area contributed by atoms with Gasteiger partial charge in [0.25, 0.3) is 0 Å². The molecular formula is C9H16O2. The summed E-state index contributed by atoms with van der Waals surface area (Å²) in [7, 11) is 0. The maximum Gasteiger partial charge on any atom is 0.143 e. The van der Waals surface area contributed by atoms with Crippen molar-refractivity contribution in [1.29, 1.82) is 0 Å². The van der Waals surface area contributed by atoms with Gasteiger partial charge in [-0.1, -0.05) is 13.8 Å². The first-order valence-corrected chi connectivity index (χ1v) is 4.13. The molecule has 0 N–H and O–H groups in total. The second-order valence-corrected chi connectivity index (χ2v) is 4.02. The zero-order chi connectivity index (χ0) is 8.65. The number of hydrogen-bond acceptors (Lipinski definition) is 2. The van der Waals surface area contributed by atoms with Crippen molar-refractivity contribution in [2.45, 2.75) is 46.3 Å². The molecule has 1 rings (SSSR count). The molecule has 0 saturated heterocycles. The van der Waals surface area contributed by atoms with E-state index in [2.05, 4.69) is 0 Å². The van der Waals surface area contributed by atoms with Crippen molar-refractivity contribution in [3.63, 3.8) is 0 Å². The summed E-state index contributed by atoms with van der Waals surface area (Å²) in [6.07, 6.45) is 0.980. The molecule has 0 spiro atoms. The predicted octanol–water partition coefficient (Wildman–Crippen LogP) is 1.78. The van der Waals surface area contributed by atoms with E-state index in [0.717, 1.165) is 0 Å². The second-order valence-electron chi connectivity index (χ2n) is 4.02. The van der Waals surface area contributed by atoms with E-state index in [4.69, 9.17) is 4.74 Å². The van der Waals surface area contributed by atoms with E-state index in [1.807, 2.05) is 27.7 Å². The van der Waals surface area contributed by atoms with Crippen molar-refractivity contribution in [3.05, 3.63) is 0 Å². The first-order chi connectivity index (χ1) is 4.94. The number of hydrogen-bond donors (Lipinski definition) is 0. The SMILES string of the molecule is CC(C)O[C@@H]1CC(=O)C1(C)C. The summed E-state index contributed by atoms with van der Waals surface area (Å²) in [6, 6.07) is 0. The van der Waals surface area contributed by atoms with E-state index in [1.165, 1.54) is 0 Å². The van der Waals surface area contributed by atoms with Gasteiger partial charge in [-0.05, 0) is 13.8 Å². The molecule has 64 valence electrons. The fourth-order valence-electron chi connectivity index (χ4n) is 1.28. The van der Waals surface area contributed by atoms with Gasteiger partial charge in [-0.15, -0.1) is 0 Å². The van der Waals surface area contributed by atoms with Gasteiger partial charge in [0.15, 0.2) is 0 Å². The van der Waals surface area contributed by atoms with Gasteiger partial charge in [-0.3, -0.25) is 4.79 Å². The van der Waals surface area contributed by atoms with Crippen LogP contribution in [-0.2, 0) is 9.53 Å². The zero-order valence-electron chi connectivity index (χ0n) is 7.68. The number of carbonyl (C=O) groups is 1. The number of rotatable bonds is 2. The van der Waals surface area contributed by atoms with Gasteiger partial charge in [-0.2, -0.15) is 0 Å². The van der Waals surface area contributed by atoms with Crippen LogP contribution in [0.2, 0.25) is 0 Å². The molecule has 0 amide bonds. The van der Waals surface area contributed by atoms with Gasteiger partial charge in [0.1, 0.15) is 5.78 Å². The summed E-state index contributed by atoms with van der Waals surface area (Å²) in [5.41, 5.74) is -0.232. The number of carbonyl (C=O) groups excluding carboxylic acids is 1. The minimum Gasteiger partial charge on any atom is -0.374 e. The molecule has 1 saturated carbocycles. The highest BCUT2D eigenvalue weighted by atomic mass is 16.5. The summed E-state index contributed by atoms with van der Waals surface area (Å²) in [6.45, 7) is 7.90. The quantitative estimate of drug-likeness (QED) is 0.609. The van der Waals surface area contributed by atoms with Gasteiger partial charge in [-0.25, -0.2) is 0 Å². The van der Waals surface area contributed by atoms with Crippen LogP contribution in [0.5, 0.6) is 0 Å². The summed E-state index contributed by atoms with van der Waals surface area (Å²) in [4.78, 5) is 11.1. The standard InChI is InChI=1S/C9H16O2/c1-6(2)11-8-5-7(10)9(8,3)4/h6,8H,5H2,1-4H3/t8-/m1/s1. The Bertz CT molecular complexity index is 170. The molecule has 11 heavy (non-hydrogen) atoms. The molecule has 2 heteroatoms. The Morgan fingerprint density at radius 3 is 2.36 bits per heavy atom. The van der Waals surface area contributed by atoms with Crippen LogP contribution < -0.4 is 0 Å². The normalized spacial score (nSPS) is 28.8. The van der Waals surface area contributed by atoms with Crippen molar-refractivity contribution in [2.24, 2.45) is 5.41 Å². The summed E-state index contributed by atoms with van der Waals surface area (Å²) in [5.74, 6) is 0.322. The van der Waals surface area contributed by atoms with Crippen LogP contribution in [0, 0.1) is 5.41 Å². The minimum atomic E-state index is -0.232. The lowest BCUT2D eigenvalue weighted by atomic mass is 9.68. The van der Waals surface area contributed by atoms with Gasteiger partial charge in [0, 0.05) is 6.42 Å². The summed E-state index contributed by atoms with van der Waals surface area (Å²) >= 11 is 0. The molecule has 1 atom stereocenters. The lowest BCUT2D eigenvalue weighted by Crippen LogP contribution is -2.52. The molecule has 0 bridgehead atoms. The highest BCUT2D eigenvalue weighted by Crippen LogP contribution is 2.39. The van der Waals surface area contributed by atoms with Gasteiger partial charge < -0.3 is 4.74 Å². The van der Waals surface area contributed by atoms with E-state index in [1.54, 1.807) is 0 Å². The van der Waals surface area contributed by atoms with Crippen molar-refractivity contribution >= 4 is 5.78 Å². The Kier molecular flexibility index (Phi) is 2.06. The van der Waals surface area contributed by atoms with Crippen molar-refractivity contribution in [1.82, 2.24) is 0 Å². The molecule has 0 radical (unpaired) electrons. The predicted molar refractivity (Wildman–Crippen MR) is 43.4 cm³/mol. The van der Waals surface area contributed by atoms with Crippen LogP contribution in [-0.4, -0.2) is 18.0 Å². The molecule has 0 unspecified atom stereocenters. The summed E-state index contributed by atoms with van der Waals surface area (Å²) < 4.78 is 5.55. The van der Waals surface area contributed by atoms with Crippen LogP contribution in [0.1, 0.15) is 34.1 Å². The summed E-state index contributed by atoms with van der Waals surface area (Å²) in [5, 5.41) is 0. The zero-order valence-corrected chi connectivity index (χ0v) is 7.68. The third-order valence-corrected chi connectivity index (χ3v) is 2.33. The third-order valence-electron chi connectivity index (χ3n) is 2.33. The van der Waals surface area contributed by atoms with Crippen LogP contribution in [0.25, 0.3) is 0 Å². The molecule has 2 nitrogen and oxygen atoms in total. The van der Waals surface area contributed by atoms with E-state index < -0.39 is 0 Å². The fourth-order valence-corrected chi connectivity index (χ4v) is 1.28. The maximum absolute atomic E-state index is 11.1. The Hall–Kier alpha value is -0.370. The number of ketones is 1. The van der Waals surface area contributed by atoms with Crippen LogP contribution in [0.3, 0.4) is 0 Å². The lowest BCUT2D eigenvalue weighted by Gasteiger charge is -2.42. The van der Waals surface area contributed by atoms with Gasteiger partial charge in [0.05, 0.1) is 17.6 Å². The fraction of sp³-hybridized carbons (Fsp3) is 0.889. The molecule has 1 aliphatic rings. The topological polar surface area (TPSA) is 26.3 Å². The molecule has 0 heterocycles. The van der Waals surface area contributed by atoms with Crippen molar-refractivity contribution in [2.75, 3.05) is 0 Å². The first-order valence-electron chi connectivity index (χ1n) is 4.13. The van der Waals surface area contributed by atoms with Gasteiger partial charge in [0.2, 0.25) is 0 Å². The van der Waals surface area contributed by atoms with Crippen LogP contribution in [0.4, 0.5) is 0 Å². The molecular weight excluding hydrogens is 140 g/mol. The smallest absolute Gasteiger partial charge is 0.143 e. The van der Waals surface area contributed by atoms with Crippen LogP contribution in [0.15, 0.2) is 0 Å².